The van der Waals surface area contributed by atoms with Crippen LogP contribution in [0.15, 0.2) is 102 Å². The average Bonchev–Trinajstić information content (AvgIpc) is 3.23. The molecule has 0 amide bonds. The maximum absolute atomic E-state index is 6.24. The predicted octanol–water partition coefficient (Wildman–Crippen LogP) is 8.83. The Labute approximate surface area is 205 Å². The number of fused-ring (bicyclic) bond motifs is 3. The van der Waals surface area contributed by atoms with Gasteiger partial charge in [0.05, 0.1) is 5.69 Å². The van der Waals surface area contributed by atoms with Crippen molar-refractivity contribution in [1.29, 1.82) is 0 Å². The summed E-state index contributed by atoms with van der Waals surface area (Å²) in [5.41, 5.74) is 12.8. The molecule has 0 radical (unpaired) electrons. The molecule has 2 aromatic heterocycles. The minimum absolute atomic E-state index is 0.872. The van der Waals surface area contributed by atoms with Gasteiger partial charge in [0, 0.05) is 22.5 Å². The Morgan fingerprint density at radius 3 is 2.29 bits per heavy atom. The quantitative estimate of drug-likeness (QED) is 0.266. The first-order chi connectivity index (χ1) is 17.1. The van der Waals surface area contributed by atoms with Crippen molar-refractivity contribution in [3.05, 3.63) is 125 Å². The zero-order chi connectivity index (χ0) is 23.9. The van der Waals surface area contributed by atoms with E-state index < -0.39 is 0 Å². The molecule has 0 atom stereocenters. The maximum Gasteiger partial charge on any atom is 0.135 e. The maximum atomic E-state index is 6.24. The molecular formula is C33H27NO. The van der Waals surface area contributed by atoms with Crippen molar-refractivity contribution in [2.75, 3.05) is 0 Å². The highest BCUT2D eigenvalue weighted by Crippen LogP contribution is 2.36. The third-order valence-corrected chi connectivity index (χ3v) is 6.84. The number of aryl methyl sites for hydroxylation is 3. The van der Waals surface area contributed by atoms with E-state index in [9.17, 15) is 0 Å². The van der Waals surface area contributed by atoms with Gasteiger partial charge in [-0.15, -0.1) is 0 Å². The fraction of sp³-hybridized carbons (Fsp3) is 0.121. The van der Waals surface area contributed by atoms with Crippen molar-refractivity contribution >= 4 is 21.9 Å². The Morgan fingerprint density at radius 1 is 0.686 bits per heavy atom. The Kier molecular flexibility index (Phi) is 5.22. The first kappa shape index (κ1) is 21.4. The molecule has 0 N–H and O–H groups in total. The van der Waals surface area contributed by atoms with Gasteiger partial charge in [0.2, 0.25) is 0 Å². The van der Waals surface area contributed by atoms with Crippen LogP contribution in [0.25, 0.3) is 44.3 Å². The van der Waals surface area contributed by atoms with Crippen LogP contribution in [0.3, 0.4) is 0 Å². The first-order valence-corrected chi connectivity index (χ1v) is 12.1. The summed E-state index contributed by atoms with van der Waals surface area (Å²) in [6.45, 7) is 6.53. The van der Waals surface area contributed by atoms with Crippen molar-refractivity contribution < 1.29 is 4.42 Å². The lowest BCUT2D eigenvalue weighted by Crippen LogP contribution is -1.92. The zero-order valence-electron chi connectivity index (χ0n) is 20.3. The van der Waals surface area contributed by atoms with Gasteiger partial charge >= 0.3 is 0 Å². The van der Waals surface area contributed by atoms with Gasteiger partial charge in [0.25, 0.3) is 0 Å². The van der Waals surface area contributed by atoms with Crippen LogP contribution in [0.1, 0.15) is 27.8 Å². The highest BCUT2D eigenvalue weighted by Gasteiger charge is 2.14. The predicted molar refractivity (Wildman–Crippen MR) is 146 cm³/mol. The highest BCUT2D eigenvalue weighted by molar-refractivity contribution is 6.08. The van der Waals surface area contributed by atoms with E-state index in [1.807, 2.05) is 6.20 Å². The topological polar surface area (TPSA) is 26.0 Å². The lowest BCUT2D eigenvalue weighted by atomic mass is 9.93. The summed E-state index contributed by atoms with van der Waals surface area (Å²) in [7, 11) is 0. The number of pyridine rings is 1. The van der Waals surface area contributed by atoms with Gasteiger partial charge in [0.1, 0.15) is 11.2 Å². The summed E-state index contributed by atoms with van der Waals surface area (Å²) in [5.74, 6) is 0. The smallest absolute Gasteiger partial charge is 0.135 e. The van der Waals surface area contributed by atoms with E-state index in [0.29, 0.717) is 0 Å². The van der Waals surface area contributed by atoms with Crippen molar-refractivity contribution in [3.63, 3.8) is 0 Å². The molecule has 0 unspecified atom stereocenters. The Hall–Kier alpha value is -4.17. The largest absolute Gasteiger partial charge is 0.456 e. The summed E-state index contributed by atoms with van der Waals surface area (Å²) in [5, 5.41) is 2.33. The molecule has 6 aromatic rings. The molecule has 0 saturated carbocycles. The molecule has 0 aliphatic carbocycles. The molecule has 2 heterocycles. The molecule has 4 aromatic carbocycles. The lowest BCUT2D eigenvalue weighted by Gasteiger charge is -2.13. The molecule has 2 heteroatoms. The van der Waals surface area contributed by atoms with E-state index in [4.69, 9.17) is 9.40 Å². The lowest BCUT2D eigenvalue weighted by molar-refractivity contribution is 0.669. The normalized spacial score (nSPS) is 11.4. The number of rotatable bonds is 4. The SMILES string of the molecule is Cc1cc(C)c(-c2ccnc(-c3ccc4oc5cccc(Cc6ccccc6)c5c4c3)c2)c(C)c1. The Morgan fingerprint density at radius 2 is 1.49 bits per heavy atom. The number of aromatic nitrogens is 1. The van der Waals surface area contributed by atoms with Crippen LogP contribution in [0, 0.1) is 20.8 Å². The van der Waals surface area contributed by atoms with Crippen LogP contribution in [0.2, 0.25) is 0 Å². The second-order valence-electron chi connectivity index (χ2n) is 9.47. The Bertz CT molecular complexity index is 1670. The molecule has 170 valence electrons. The van der Waals surface area contributed by atoms with Gasteiger partial charge in [-0.25, -0.2) is 0 Å². The highest BCUT2D eigenvalue weighted by atomic mass is 16.3. The molecule has 6 rings (SSSR count). The standard InChI is InChI=1S/C33H27NO/c1-21-16-22(2)32(23(3)17-21)27-14-15-34-29(20-27)25-12-13-30-28(19-25)33-26(10-7-11-31(33)35-30)18-24-8-5-4-6-9-24/h4-17,19-20H,18H2,1-3H3. The van der Waals surface area contributed by atoms with Crippen LogP contribution >= 0.6 is 0 Å². The summed E-state index contributed by atoms with van der Waals surface area (Å²) < 4.78 is 6.24. The molecule has 0 spiro atoms. The first-order valence-electron chi connectivity index (χ1n) is 12.1. The molecule has 0 aliphatic heterocycles. The van der Waals surface area contributed by atoms with Crippen LogP contribution in [-0.4, -0.2) is 4.98 Å². The summed E-state index contributed by atoms with van der Waals surface area (Å²) in [4.78, 5) is 4.74. The summed E-state index contributed by atoms with van der Waals surface area (Å²) in [6.07, 6.45) is 2.79. The molecule has 2 nitrogen and oxygen atoms in total. The van der Waals surface area contributed by atoms with Gasteiger partial charge in [-0.1, -0.05) is 60.2 Å². The van der Waals surface area contributed by atoms with E-state index >= 15 is 0 Å². The number of nitrogens with zero attached hydrogens (tertiary/aromatic N) is 1. The molecule has 0 saturated heterocycles. The second-order valence-corrected chi connectivity index (χ2v) is 9.47. The van der Waals surface area contributed by atoms with Crippen LogP contribution in [0.4, 0.5) is 0 Å². The molecular weight excluding hydrogens is 426 g/mol. The number of benzene rings is 4. The third kappa shape index (κ3) is 3.91. The van der Waals surface area contributed by atoms with Gasteiger partial charge in [0.15, 0.2) is 0 Å². The Balaban J connectivity index is 1.48. The molecule has 0 aliphatic rings. The van der Waals surface area contributed by atoms with Gasteiger partial charge in [-0.05, 0) is 97.0 Å². The van der Waals surface area contributed by atoms with Gasteiger partial charge in [-0.3, -0.25) is 4.98 Å². The molecule has 35 heavy (non-hydrogen) atoms. The van der Waals surface area contributed by atoms with Crippen molar-refractivity contribution in [1.82, 2.24) is 4.98 Å². The van der Waals surface area contributed by atoms with Gasteiger partial charge < -0.3 is 4.42 Å². The minimum Gasteiger partial charge on any atom is -0.456 e. The van der Waals surface area contributed by atoms with E-state index in [2.05, 4.69) is 112 Å². The minimum atomic E-state index is 0.872. The second kappa shape index (κ2) is 8.56. The van der Waals surface area contributed by atoms with Crippen molar-refractivity contribution in [2.45, 2.75) is 27.2 Å². The van der Waals surface area contributed by atoms with Crippen LogP contribution in [0.5, 0.6) is 0 Å². The van der Waals surface area contributed by atoms with E-state index in [-0.39, 0.29) is 0 Å². The number of hydrogen-bond donors (Lipinski definition) is 0. The van der Waals surface area contributed by atoms with E-state index in [1.165, 1.54) is 44.3 Å². The zero-order valence-corrected chi connectivity index (χ0v) is 20.3. The third-order valence-electron chi connectivity index (χ3n) is 6.84. The molecule has 0 bridgehead atoms. The summed E-state index contributed by atoms with van der Waals surface area (Å²) >= 11 is 0. The summed E-state index contributed by atoms with van der Waals surface area (Å²) in [6, 6.07) is 32.2. The number of furan rings is 1. The van der Waals surface area contributed by atoms with Crippen LogP contribution < -0.4 is 0 Å². The monoisotopic (exact) mass is 453 g/mol. The van der Waals surface area contributed by atoms with E-state index in [0.717, 1.165) is 34.2 Å². The van der Waals surface area contributed by atoms with E-state index in [1.54, 1.807) is 0 Å². The van der Waals surface area contributed by atoms with Crippen molar-refractivity contribution in [3.8, 4) is 22.4 Å². The fourth-order valence-corrected chi connectivity index (χ4v) is 5.40. The van der Waals surface area contributed by atoms with Gasteiger partial charge in [-0.2, -0.15) is 0 Å². The molecule has 0 fully saturated rings. The van der Waals surface area contributed by atoms with Crippen LogP contribution in [-0.2, 0) is 6.42 Å². The fourth-order valence-electron chi connectivity index (χ4n) is 5.40. The number of hydrogen-bond acceptors (Lipinski definition) is 2. The average molecular weight is 454 g/mol. The van der Waals surface area contributed by atoms with Crippen molar-refractivity contribution in [2.24, 2.45) is 0 Å².